The summed E-state index contributed by atoms with van der Waals surface area (Å²) in [4.78, 5) is 7.52. The Morgan fingerprint density at radius 2 is 2.11 bits per heavy atom. The van der Waals surface area contributed by atoms with Crippen LogP contribution in [-0.4, -0.2) is 14.5 Å². The van der Waals surface area contributed by atoms with Crippen molar-refractivity contribution in [2.24, 2.45) is 0 Å². The molecule has 0 amide bonds. The molecule has 0 radical (unpaired) electrons. The number of rotatable bonds is 3. The van der Waals surface area contributed by atoms with Crippen LogP contribution in [0.2, 0.25) is 0 Å². The zero-order chi connectivity index (χ0) is 13.2. The first kappa shape index (κ1) is 12.3. The van der Waals surface area contributed by atoms with Gasteiger partial charge in [0, 0.05) is 17.8 Å². The van der Waals surface area contributed by atoms with Crippen LogP contribution in [0.3, 0.4) is 0 Å². The van der Waals surface area contributed by atoms with Crippen molar-refractivity contribution in [1.82, 2.24) is 14.5 Å². The van der Waals surface area contributed by atoms with Gasteiger partial charge >= 0.3 is 0 Å². The number of hydrogen-bond donors (Lipinski definition) is 1. The predicted molar refractivity (Wildman–Crippen MR) is 81.0 cm³/mol. The number of nitrogens with zero attached hydrogens (tertiary/aromatic N) is 2. The number of thiazole rings is 1. The second kappa shape index (κ2) is 5.11. The highest BCUT2D eigenvalue weighted by molar-refractivity contribution is 7.71. The molecule has 96 valence electrons. The lowest BCUT2D eigenvalue weighted by atomic mass is 10.1. The minimum Gasteiger partial charge on any atom is -0.337 e. The number of H-pyrrole nitrogens is 1. The number of aromatic amines is 1. The third-order valence-corrected chi connectivity index (χ3v) is 4.34. The highest BCUT2D eigenvalue weighted by Gasteiger charge is 2.16. The van der Waals surface area contributed by atoms with E-state index >= 15 is 0 Å². The summed E-state index contributed by atoms with van der Waals surface area (Å²) >= 11 is 7.06. The van der Waals surface area contributed by atoms with Gasteiger partial charge in [-0.25, -0.2) is 4.98 Å². The minimum atomic E-state index is 0.133. The maximum Gasteiger partial charge on any atom is 0.178 e. The van der Waals surface area contributed by atoms with Gasteiger partial charge in [0.2, 0.25) is 0 Å². The van der Waals surface area contributed by atoms with Crippen molar-refractivity contribution in [3.63, 3.8) is 0 Å². The Morgan fingerprint density at radius 1 is 1.32 bits per heavy atom. The molecule has 1 unspecified atom stereocenters. The molecule has 3 nitrogen and oxygen atoms in total. The van der Waals surface area contributed by atoms with Crippen LogP contribution in [0.25, 0.3) is 11.3 Å². The molecule has 5 heteroatoms. The van der Waals surface area contributed by atoms with E-state index in [2.05, 4.69) is 33.6 Å². The smallest absolute Gasteiger partial charge is 0.178 e. The summed E-state index contributed by atoms with van der Waals surface area (Å²) in [5, 5.41) is 3.05. The van der Waals surface area contributed by atoms with Crippen molar-refractivity contribution < 1.29 is 0 Å². The Labute approximate surface area is 120 Å². The van der Waals surface area contributed by atoms with Crippen molar-refractivity contribution in [3.8, 4) is 11.3 Å². The summed E-state index contributed by atoms with van der Waals surface area (Å²) in [6, 6.07) is 10.4. The SMILES string of the molecule is CC(c1nccs1)n1c(-c2ccccc2)c[nH]c1=S. The van der Waals surface area contributed by atoms with Crippen molar-refractivity contribution in [2.75, 3.05) is 0 Å². The zero-order valence-corrected chi connectivity index (χ0v) is 12.0. The summed E-state index contributed by atoms with van der Waals surface area (Å²) in [7, 11) is 0. The van der Waals surface area contributed by atoms with Gasteiger partial charge in [-0.2, -0.15) is 0 Å². The molecule has 2 heterocycles. The van der Waals surface area contributed by atoms with Crippen molar-refractivity contribution >= 4 is 23.6 Å². The van der Waals surface area contributed by atoms with E-state index in [-0.39, 0.29) is 6.04 Å². The van der Waals surface area contributed by atoms with E-state index < -0.39 is 0 Å². The van der Waals surface area contributed by atoms with E-state index in [4.69, 9.17) is 12.2 Å². The Balaban J connectivity index is 2.12. The average molecular weight is 287 g/mol. The number of imidazole rings is 1. The molecule has 0 saturated carbocycles. The molecular formula is C14H13N3S2. The highest BCUT2D eigenvalue weighted by Crippen LogP contribution is 2.27. The molecule has 0 bridgehead atoms. The third kappa shape index (κ3) is 2.27. The van der Waals surface area contributed by atoms with Gasteiger partial charge in [0.05, 0.1) is 11.7 Å². The van der Waals surface area contributed by atoms with Crippen LogP contribution >= 0.6 is 23.6 Å². The molecule has 0 fully saturated rings. The molecule has 0 aliphatic heterocycles. The maximum atomic E-state index is 5.41. The van der Waals surface area contributed by atoms with Gasteiger partial charge in [-0.15, -0.1) is 11.3 Å². The van der Waals surface area contributed by atoms with E-state index in [0.717, 1.165) is 21.0 Å². The number of nitrogens with one attached hydrogen (secondary N) is 1. The monoisotopic (exact) mass is 287 g/mol. The Morgan fingerprint density at radius 3 is 2.79 bits per heavy atom. The van der Waals surface area contributed by atoms with Gasteiger partial charge in [-0.3, -0.25) is 0 Å². The van der Waals surface area contributed by atoms with E-state index in [1.54, 1.807) is 11.3 Å². The predicted octanol–water partition coefficient (Wildman–Crippen LogP) is 4.28. The van der Waals surface area contributed by atoms with Crippen LogP contribution in [0, 0.1) is 4.77 Å². The fraction of sp³-hybridized carbons (Fsp3) is 0.143. The van der Waals surface area contributed by atoms with E-state index in [1.807, 2.05) is 36.0 Å². The van der Waals surface area contributed by atoms with Gasteiger partial charge in [-0.1, -0.05) is 30.3 Å². The molecule has 0 spiro atoms. The molecule has 0 aliphatic carbocycles. The largest absolute Gasteiger partial charge is 0.337 e. The lowest BCUT2D eigenvalue weighted by Crippen LogP contribution is -2.08. The molecule has 1 aromatic carbocycles. The number of aromatic nitrogens is 3. The first-order valence-corrected chi connectivity index (χ1v) is 7.31. The van der Waals surface area contributed by atoms with Crippen molar-refractivity contribution in [2.45, 2.75) is 13.0 Å². The van der Waals surface area contributed by atoms with E-state index in [9.17, 15) is 0 Å². The zero-order valence-electron chi connectivity index (χ0n) is 10.4. The molecule has 3 aromatic rings. The third-order valence-electron chi connectivity index (χ3n) is 3.08. The lowest BCUT2D eigenvalue weighted by Gasteiger charge is -2.14. The van der Waals surface area contributed by atoms with Crippen LogP contribution in [0.15, 0.2) is 48.1 Å². The van der Waals surface area contributed by atoms with Crippen LogP contribution in [0.5, 0.6) is 0 Å². The summed E-state index contributed by atoms with van der Waals surface area (Å²) in [5.41, 5.74) is 2.24. The van der Waals surface area contributed by atoms with Gasteiger partial charge in [0.15, 0.2) is 4.77 Å². The van der Waals surface area contributed by atoms with Crippen LogP contribution in [-0.2, 0) is 0 Å². The van der Waals surface area contributed by atoms with E-state index in [1.165, 1.54) is 0 Å². The summed E-state index contributed by atoms with van der Waals surface area (Å²) in [6.45, 7) is 2.12. The molecule has 1 N–H and O–H groups in total. The second-order valence-corrected chi connectivity index (χ2v) is 5.57. The minimum absolute atomic E-state index is 0.133. The summed E-state index contributed by atoms with van der Waals surface area (Å²) in [6.07, 6.45) is 3.79. The first-order chi connectivity index (χ1) is 9.27. The fourth-order valence-electron chi connectivity index (χ4n) is 2.15. The lowest BCUT2D eigenvalue weighted by molar-refractivity contribution is 0.632. The number of hydrogen-bond acceptors (Lipinski definition) is 3. The molecule has 2 aromatic heterocycles. The number of benzene rings is 1. The van der Waals surface area contributed by atoms with Crippen LogP contribution in [0.1, 0.15) is 18.0 Å². The second-order valence-electron chi connectivity index (χ2n) is 4.26. The fourth-order valence-corrected chi connectivity index (χ4v) is 3.15. The molecule has 0 saturated heterocycles. The van der Waals surface area contributed by atoms with E-state index in [0.29, 0.717) is 0 Å². The van der Waals surface area contributed by atoms with Gasteiger partial charge in [0.25, 0.3) is 0 Å². The maximum absolute atomic E-state index is 5.41. The van der Waals surface area contributed by atoms with Crippen LogP contribution < -0.4 is 0 Å². The summed E-state index contributed by atoms with van der Waals surface area (Å²) < 4.78 is 2.84. The molecule has 0 aliphatic rings. The molecule has 19 heavy (non-hydrogen) atoms. The highest BCUT2D eigenvalue weighted by atomic mass is 32.1. The molecular weight excluding hydrogens is 274 g/mol. The average Bonchev–Trinajstić information content (AvgIpc) is 3.08. The first-order valence-electron chi connectivity index (χ1n) is 6.02. The Kier molecular flexibility index (Phi) is 3.31. The van der Waals surface area contributed by atoms with Crippen LogP contribution in [0.4, 0.5) is 0 Å². The quantitative estimate of drug-likeness (QED) is 0.729. The van der Waals surface area contributed by atoms with Gasteiger partial charge < -0.3 is 9.55 Å². The van der Waals surface area contributed by atoms with Gasteiger partial charge in [0.1, 0.15) is 5.01 Å². The van der Waals surface area contributed by atoms with Gasteiger partial charge in [-0.05, 0) is 24.7 Å². The van der Waals surface area contributed by atoms with Crippen molar-refractivity contribution in [3.05, 3.63) is 57.9 Å². The topological polar surface area (TPSA) is 33.6 Å². The Hall–Kier alpha value is -1.72. The summed E-state index contributed by atoms with van der Waals surface area (Å²) in [5.74, 6) is 0. The van der Waals surface area contributed by atoms with Crippen molar-refractivity contribution in [1.29, 1.82) is 0 Å². The molecule has 3 rings (SSSR count). The standard InChI is InChI=1S/C14H13N3S2/c1-10(13-15-7-8-19-13)17-12(9-16-14(17)18)11-5-3-2-4-6-11/h2-10H,1H3,(H,16,18). The molecule has 1 atom stereocenters. The normalized spacial score (nSPS) is 12.5. The Bertz CT molecular complexity index is 711.